The number of esters is 1. The molecule has 0 saturated carbocycles. The third-order valence-corrected chi connectivity index (χ3v) is 6.90. The van der Waals surface area contributed by atoms with E-state index in [1.807, 2.05) is 30.3 Å². The van der Waals surface area contributed by atoms with E-state index >= 15 is 0 Å². The number of ether oxygens (including phenoxy) is 2. The van der Waals surface area contributed by atoms with E-state index in [1.54, 1.807) is 13.1 Å². The van der Waals surface area contributed by atoms with Gasteiger partial charge in [0.05, 0.1) is 18.5 Å². The Labute approximate surface area is 222 Å². The van der Waals surface area contributed by atoms with E-state index in [9.17, 15) is 4.79 Å². The first kappa shape index (κ1) is 25.3. The SMILES string of the molecule is CCOC(=O)Cc1ccccc1OCc1nn([C@H](C)CC)c2ccc(-c3ccc4ccnc(N)c4c3)cc12. The van der Waals surface area contributed by atoms with Crippen LogP contribution in [0.25, 0.3) is 32.8 Å². The molecule has 0 bridgehead atoms. The largest absolute Gasteiger partial charge is 0.487 e. The van der Waals surface area contributed by atoms with E-state index in [1.165, 1.54) is 0 Å². The minimum Gasteiger partial charge on any atom is -0.487 e. The fraction of sp³-hybridized carbons (Fsp3) is 0.258. The Morgan fingerprint density at radius 1 is 1.00 bits per heavy atom. The summed E-state index contributed by atoms with van der Waals surface area (Å²) in [5.41, 5.74) is 11.0. The van der Waals surface area contributed by atoms with Gasteiger partial charge in [0.1, 0.15) is 23.9 Å². The zero-order valence-electron chi connectivity index (χ0n) is 22.0. The molecule has 2 N–H and O–H groups in total. The van der Waals surface area contributed by atoms with Crippen LogP contribution >= 0.6 is 0 Å². The number of para-hydroxylation sites is 1. The van der Waals surface area contributed by atoms with E-state index in [-0.39, 0.29) is 25.0 Å². The second-order valence-corrected chi connectivity index (χ2v) is 9.39. The second kappa shape index (κ2) is 10.9. The van der Waals surface area contributed by atoms with Crippen LogP contribution in [-0.4, -0.2) is 27.3 Å². The molecule has 2 aromatic heterocycles. The standard InChI is InChI=1S/C31H32N4O3/c1-4-20(3)35-28-13-12-23(22-11-10-21-14-15-33-31(32)25(21)16-22)17-26(28)27(34-35)19-38-29-9-7-6-8-24(29)18-30(36)37-5-2/h6-17,20H,4-5,18-19H2,1-3H3,(H2,32,33)/t20-/m1/s1. The summed E-state index contributed by atoms with van der Waals surface area (Å²) in [5.74, 6) is 0.900. The number of anilines is 1. The van der Waals surface area contributed by atoms with Crippen molar-refractivity contribution in [2.24, 2.45) is 0 Å². The van der Waals surface area contributed by atoms with Crippen molar-refractivity contribution in [3.05, 3.63) is 84.2 Å². The molecule has 0 aliphatic carbocycles. The quantitative estimate of drug-likeness (QED) is 0.229. The minimum atomic E-state index is -0.272. The summed E-state index contributed by atoms with van der Waals surface area (Å²) < 4.78 is 13.5. The van der Waals surface area contributed by atoms with Crippen LogP contribution in [0.1, 0.15) is 44.5 Å². The molecule has 7 heteroatoms. The van der Waals surface area contributed by atoms with Gasteiger partial charge in [0.15, 0.2) is 0 Å². The zero-order chi connectivity index (χ0) is 26.6. The molecule has 0 saturated heterocycles. The number of fused-ring (bicyclic) bond motifs is 2. The van der Waals surface area contributed by atoms with Gasteiger partial charge in [0.2, 0.25) is 0 Å². The van der Waals surface area contributed by atoms with Crippen LogP contribution in [-0.2, 0) is 22.6 Å². The molecule has 0 unspecified atom stereocenters. The number of nitrogens with two attached hydrogens (primary N) is 1. The van der Waals surface area contributed by atoms with Gasteiger partial charge in [-0.15, -0.1) is 0 Å². The number of rotatable bonds is 9. The number of hydrogen-bond donors (Lipinski definition) is 1. The Morgan fingerprint density at radius 2 is 1.76 bits per heavy atom. The first-order chi connectivity index (χ1) is 18.5. The normalized spacial score (nSPS) is 12.1. The number of pyridine rings is 1. The maximum Gasteiger partial charge on any atom is 0.310 e. The average molecular weight is 509 g/mol. The van der Waals surface area contributed by atoms with Crippen molar-refractivity contribution in [2.75, 3.05) is 12.3 Å². The highest BCUT2D eigenvalue weighted by Gasteiger charge is 2.17. The van der Waals surface area contributed by atoms with Crippen molar-refractivity contribution in [1.82, 2.24) is 14.8 Å². The van der Waals surface area contributed by atoms with Crippen molar-refractivity contribution < 1.29 is 14.3 Å². The molecule has 0 spiro atoms. The molecule has 2 heterocycles. The molecule has 0 fully saturated rings. The lowest BCUT2D eigenvalue weighted by atomic mass is 10.00. The molecule has 5 rings (SSSR count). The third kappa shape index (κ3) is 5.05. The molecule has 0 aliphatic heterocycles. The van der Waals surface area contributed by atoms with Crippen LogP contribution in [0.4, 0.5) is 5.82 Å². The smallest absolute Gasteiger partial charge is 0.310 e. The summed E-state index contributed by atoms with van der Waals surface area (Å²) in [5, 5.41) is 7.99. The van der Waals surface area contributed by atoms with Gasteiger partial charge < -0.3 is 15.2 Å². The van der Waals surface area contributed by atoms with Crippen LogP contribution in [0.2, 0.25) is 0 Å². The molecule has 0 radical (unpaired) electrons. The number of benzene rings is 3. The highest BCUT2D eigenvalue weighted by molar-refractivity contribution is 5.95. The van der Waals surface area contributed by atoms with E-state index < -0.39 is 0 Å². The van der Waals surface area contributed by atoms with Gasteiger partial charge in [-0.1, -0.05) is 43.3 Å². The van der Waals surface area contributed by atoms with Crippen molar-refractivity contribution in [1.29, 1.82) is 0 Å². The van der Waals surface area contributed by atoms with Crippen molar-refractivity contribution in [3.63, 3.8) is 0 Å². The number of carbonyl (C=O) groups excluding carboxylic acids is 1. The summed E-state index contributed by atoms with van der Waals surface area (Å²) in [6, 6.07) is 22.4. The highest BCUT2D eigenvalue weighted by Crippen LogP contribution is 2.32. The first-order valence-corrected chi connectivity index (χ1v) is 13.0. The monoisotopic (exact) mass is 508 g/mol. The fourth-order valence-corrected chi connectivity index (χ4v) is 4.67. The van der Waals surface area contributed by atoms with Gasteiger partial charge in [0, 0.05) is 28.6 Å². The number of hydrogen-bond acceptors (Lipinski definition) is 6. The van der Waals surface area contributed by atoms with E-state index in [2.05, 4.69) is 59.9 Å². The Kier molecular flexibility index (Phi) is 7.26. The Bertz CT molecular complexity index is 1610. The summed E-state index contributed by atoms with van der Waals surface area (Å²) in [4.78, 5) is 16.3. The fourth-order valence-electron chi connectivity index (χ4n) is 4.67. The topological polar surface area (TPSA) is 92.3 Å². The molecule has 0 aliphatic rings. The molecule has 3 aromatic carbocycles. The molecule has 194 valence electrons. The maximum atomic E-state index is 12.1. The van der Waals surface area contributed by atoms with Crippen molar-refractivity contribution in [2.45, 2.75) is 46.3 Å². The molecule has 0 amide bonds. The maximum absolute atomic E-state index is 12.1. The van der Waals surface area contributed by atoms with Gasteiger partial charge in [-0.3, -0.25) is 9.48 Å². The summed E-state index contributed by atoms with van der Waals surface area (Å²) in [7, 11) is 0. The predicted molar refractivity (Wildman–Crippen MR) is 151 cm³/mol. The molecule has 7 nitrogen and oxygen atoms in total. The Hall–Kier alpha value is -4.39. The van der Waals surface area contributed by atoms with Crippen molar-refractivity contribution in [3.8, 4) is 16.9 Å². The van der Waals surface area contributed by atoms with Crippen LogP contribution in [0.15, 0.2) is 72.9 Å². The minimum absolute atomic E-state index is 0.163. The van der Waals surface area contributed by atoms with E-state index in [0.717, 1.165) is 50.5 Å². The molecule has 38 heavy (non-hydrogen) atoms. The lowest BCUT2D eigenvalue weighted by molar-refractivity contribution is -0.142. The molecule has 5 aromatic rings. The van der Waals surface area contributed by atoms with Gasteiger partial charge >= 0.3 is 5.97 Å². The van der Waals surface area contributed by atoms with Crippen molar-refractivity contribution >= 4 is 33.5 Å². The first-order valence-electron chi connectivity index (χ1n) is 13.0. The molecular weight excluding hydrogens is 476 g/mol. The summed E-state index contributed by atoms with van der Waals surface area (Å²) in [6.45, 7) is 6.75. The van der Waals surface area contributed by atoms with Gasteiger partial charge in [0.25, 0.3) is 0 Å². The predicted octanol–water partition coefficient (Wildman–Crippen LogP) is 6.49. The third-order valence-electron chi connectivity index (χ3n) is 6.90. The number of nitrogen functional groups attached to an aromatic ring is 1. The van der Waals surface area contributed by atoms with Crippen LogP contribution in [0, 0.1) is 0 Å². The van der Waals surface area contributed by atoms with Crippen LogP contribution in [0.5, 0.6) is 5.75 Å². The lowest BCUT2D eigenvalue weighted by Crippen LogP contribution is -2.09. The molecule has 1 atom stereocenters. The van der Waals surface area contributed by atoms with Crippen LogP contribution < -0.4 is 10.5 Å². The Morgan fingerprint density at radius 3 is 2.55 bits per heavy atom. The van der Waals surface area contributed by atoms with E-state index in [4.69, 9.17) is 20.3 Å². The second-order valence-electron chi connectivity index (χ2n) is 9.39. The summed E-state index contributed by atoms with van der Waals surface area (Å²) in [6.07, 6.45) is 2.85. The van der Waals surface area contributed by atoms with Gasteiger partial charge in [-0.2, -0.15) is 5.10 Å². The van der Waals surface area contributed by atoms with Gasteiger partial charge in [-0.05, 0) is 67.1 Å². The number of nitrogens with zero attached hydrogens (tertiary/aromatic N) is 3. The zero-order valence-corrected chi connectivity index (χ0v) is 22.0. The molecular formula is C31H32N4O3. The lowest BCUT2D eigenvalue weighted by Gasteiger charge is -2.11. The van der Waals surface area contributed by atoms with Crippen LogP contribution in [0.3, 0.4) is 0 Å². The van der Waals surface area contributed by atoms with E-state index in [0.29, 0.717) is 18.2 Å². The highest BCUT2D eigenvalue weighted by atomic mass is 16.5. The Balaban J connectivity index is 1.51. The van der Waals surface area contributed by atoms with Gasteiger partial charge in [-0.25, -0.2) is 4.98 Å². The number of carbonyl (C=O) groups is 1. The average Bonchev–Trinajstić information content (AvgIpc) is 3.30. The summed E-state index contributed by atoms with van der Waals surface area (Å²) >= 11 is 0. The number of aromatic nitrogens is 3.